The topological polar surface area (TPSA) is 3.24 Å². The van der Waals surface area contributed by atoms with Crippen molar-refractivity contribution in [1.82, 2.24) is 4.90 Å². The number of unbranched alkanes of at least 4 members (excludes halogenated alkanes) is 7. The third-order valence-electron chi connectivity index (χ3n) is 3.85. The normalized spacial score (nSPS) is 11.4. The Morgan fingerprint density at radius 1 is 0.550 bits per heavy atom. The maximum absolute atomic E-state index is 2.68. The van der Waals surface area contributed by atoms with E-state index >= 15 is 0 Å². The van der Waals surface area contributed by atoms with Crippen LogP contribution in [0.2, 0.25) is 0 Å². The zero-order chi connectivity index (χ0) is 14.9. The summed E-state index contributed by atoms with van der Waals surface area (Å²) in [6, 6.07) is 0. The Morgan fingerprint density at radius 3 is 1.70 bits per heavy atom. The quantitative estimate of drug-likeness (QED) is 0.322. The molecule has 0 atom stereocenters. The molecule has 0 spiro atoms. The number of nitrogens with zero attached hydrogens (tertiary/aromatic N) is 1. The van der Waals surface area contributed by atoms with Crippen LogP contribution in [0, 0.1) is 0 Å². The van der Waals surface area contributed by atoms with E-state index in [4.69, 9.17) is 0 Å². The minimum Gasteiger partial charge on any atom is -0.303 e. The van der Waals surface area contributed by atoms with Crippen molar-refractivity contribution in [3.63, 3.8) is 0 Å². The Morgan fingerprint density at radius 2 is 1.10 bits per heavy atom. The second-order valence-corrected chi connectivity index (χ2v) is 7.15. The molecule has 0 bridgehead atoms. The van der Waals surface area contributed by atoms with Gasteiger partial charge in [0.05, 0.1) is 0 Å². The number of thioether (sulfide) groups is 1. The van der Waals surface area contributed by atoms with Gasteiger partial charge < -0.3 is 4.90 Å². The van der Waals surface area contributed by atoms with E-state index < -0.39 is 0 Å². The van der Waals surface area contributed by atoms with Crippen LogP contribution >= 0.6 is 11.8 Å². The van der Waals surface area contributed by atoms with Gasteiger partial charge in [-0.15, -0.1) is 0 Å². The molecule has 20 heavy (non-hydrogen) atoms. The molecular weight excluding hydrogens is 262 g/mol. The van der Waals surface area contributed by atoms with Crippen molar-refractivity contribution < 1.29 is 0 Å². The Balaban J connectivity index is 3.38. The highest BCUT2D eigenvalue weighted by Crippen LogP contribution is 2.10. The fourth-order valence-corrected chi connectivity index (χ4v) is 3.38. The highest BCUT2D eigenvalue weighted by molar-refractivity contribution is 7.99. The van der Waals surface area contributed by atoms with E-state index in [9.17, 15) is 0 Å². The summed E-state index contributed by atoms with van der Waals surface area (Å²) >= 11 is 2.17. The van der Waals surface area contributed by atoms with Crippen LogP contribution in [0.4, 0.5) is 0 Å². The van der Waals surface area contributed by atoms with Crippen LogP contribution in [0.25, 0.3) is 0 Å². The summed E-state index contributed by atoms with van der Waals surface area (Å²) < 4.78 is 0. The SMILES string of the molecule is CCCCCCCCSCCN(CCCC)CCCC. The average Bonchev–Trinajstić information content (AvgIpc) is 2.47. The van der Waals surface area contributed by atoms with E-state index in [-0.39, 0.29) is 0 Å². The molecule has 0 saturated heterocycles. The standard InChI is InChI=1S/C18H39NS/c1-4-7-10-11-12-13-17-20-18-16-19(14-8-5-2)15-9-6-3/h4-18H2,1-3H3. The van der Waals surface area contributed by atoms with E-state index in [2.05, 4.69) is 37.4 Å². The summed E-state index contributed by atoms with van der Waals surface area (Å²) in [5, 5.41) is 0. The average molecular weight is 302 g/mol. The Labute approximate surface area is 133 Å². The predicted octanol–water partition coefficient (Wildman–Crippen LogP) is 5.98. The summed E-state index contributed by atoms with van der Waals surface area (Å²) in [4.78, 5) is 2.68. The van der Waals surface area contributed by atoms with E-state index in [0.717, 1.165) is 0 Å². The lowest BCUT2D eigenvalue weighted by molar-refractivity contribution is 0.281. The van der Waals surface area contributed by atoms with Crippen molar-refractivity contribution in [3.05, 3.63) is 0 Å². The third kappa shape index (κ3) is 14.7. The molecule has 1 nitrogen and oxygen atoms in total. The minimum atomic E-state index is 1.31. The molecule has 0 radical (unpaired) electrons. The molecule has 0 aliphatic carbocycles. The molecule has 2 heteroatoms. The van der Waals surface area contributed by atoms with Gasteiger partial charge in [0.1, 0.15) is 0 Å². The van der Waals surface area contributed by atoms with Crippen LogP contribution in [0.3, 0.4) is 0 Å². The van der Waals surface area contributed by atoms with Crippen molar-refractivity contribution in [1.29, 1.82) is 0 Å². The number of hydrogen-bond donors (Lipinski definition) is 0. The monoisotopic (exact) mass is 301 g/mol. The molecule has 0 amide bonds. The van der Waals surface area contributed by atoms with Gasteiger partial charge in [-0.25, -0.2) is 0 Å². The van der Waals surface area contributed by atoms with Crippen molar-refractivity contribution in [2.45, 2.75) is 85.0 Å². The predicted molar refractivity (Wildman–Crippen MR) is 97.0 cm³/mol. The molecule has 0 aliphatic rings. The van der Waals surface area contributed by atoms with E-state index in [1.807, 2.05) is 0 Å². The molecule has 0 rings (SSSR count). The van der Waals surface area contributed by atoms with Crippen LogP contribution in [0.5, 0.6) is 0 Å². The third-order valence-corrected chi connectivity index (χ3v) is 4.90. The molecule has 0 heterocycles. The molecule has 0 aromatic heterocycles. The lowest BCUT2D eigenvalue weighted by Crippen LogP contribution is -2.28. The lowest BCUT2D eigenvalue weighted by atomic mass is 10.1. The van der Waals surface area contributed by atoms with Gasteiger partial charge in [-0.2, -0.15) is 11.8 Å². The highest BCUT2D eigenvalue weighted by atomic mass is 32.2. The Bertz CT molecular complexity index is 165. The first kappa shape index (κ1) is 20.3. The maximum Gasteiger partial charge on any atom is 0.00723 e. The Hall–Kier alpha value is 0.310. The summed E-state index contributed by atoms with van der Waals surface area (Å²) in [7, 11) is 0. The smallest absolute Gasteiger partial charge is 0.00723 e. The lowest BCUT2D eigenvalue weighted by Gasteiger charge is -2.21. The van der Waals surface area contributed by atoms with E-state index in [0.29, 0.717) is 0 Å². The fraction of sp³-hybridized carbons (Fsp3) is 1.00. The van der Waals surface area contributed by atoms with Crippen molar-refractivity contribution in [3.8, 4) is 0 Å². The molecule has 0 N–H and O–H groups in total. The van der Waals surface area contributed by atoms with Gasteiger partial charge in [0, 0.05) is 12.3 Å². The van der Waals surface area contributed by atoms with Gasteiger partial charge in [0.25, 0.3) is 0 Å². The zero-order valence-electron chi connectivity index (χ0n) is 14.5. The molecule has 0 fully saturated rings. The van der Waals surface area contributed by atoms with Crippen molar-refractivity contribution >= 4 is 11.8 Å². The molecule has 0 aliphatic heterocycles. The summed E-state index contributed by atoms with van der Waals surface area (Å²) in [5.74, 6) is 2.71. The largest absolute Gasteiger partial charge is 0.303 e. The van der Waals surface area contributed by atoms with Gasteiger partial charge >= 0.3 is 0 Å². The molecule has 0 unspecified atom stereocenters. The highest BCUT2D eigenvalue weighted by Gasteiger charge is 2.03. The Kier molecular flexibility index (Phi) is 17.6. The molecule has 122 valence electrons. The van der Waals surface area contributed by atoms with E-state index in [1.165, 1.54) is 95.3 Å². The zero-order valence-corrected chi connectivity index (χ0v) is 15.3. The summed E-state index contributed by atoms with van der Waals surface area (Å²) in [6.07, 6.45) is 14.0. The molecule has 0 saturated carbocycles. The van der Waals surface area contributed by atoms with Gasteiger partial charge in [0.15, 0.2) is 0 Å². The summed E-state index contributed by atoms with van der Waals surface area (Å²) in [5.41, 5.74) is 0. The van der Waals surface area contributed by atoms with Crippen LogP contribution in [0.15, 0.2) is 0 Å². The second-order valence-electron chi connectivity index (χ2n) is 5.93. The van der Waals surface area contributed by atoms with Gasteiger partial charge in [-0.05, 0) is 38.1 Å². The number of hydrogen-bond acceptors (Lipinski definition) is 2. The maximum atomic E-state index is 2.68. The van der Waals surface area contributed by atoms with Crippen molar-refractivity contribution in [2.75, 3.05) is 31.1 Å². The first-order chi connectivity index (χ1) is 9.85. The minimum absolute atomic E-state index is 1.31. The molecular formula is C18H39NS. The van der Waals surface area contributed by atoms with Crippen molar-refractivity contribution in [2.24, 2.45) is 0 Å². The summed E-state index contributed by atoms with van der Waals surface area (Å²) in [6.45, 7) is 10.8. The van der Waals surface area contributed by atoms with Crippen LogP contribution in [-0.4, -0.2) is 36.0 Å². The van der Waals surface area contributed by atoms with Gasteiger partial charge in [-0.3, -0.25) is 0 Å². The van der Waals surface area contributed by atoms with Crippen LogP contribution in [0.1, 0.15) is 85.0 Å². The van der Waals surface area contributed by atoms with Gasteiger partial charge in [0.2, 0.25) is 0 Å². The number of rotatable bonds is 16. The molecule has 0 aromatic rings. The second kappa shape index (κ2) is 17.4. The first-order valence-corrected chi connectivity index (χ1v) is 10.3. The first-order valence-electron chi connectivity index (χ1n) is 9.15. The van der Waals surface area contributed by atoms with Gasteiger partial charge in [-0.1, -0.05) is 65.7 Å². The molecule has 0 aromatic carbocycles. The van der Waals surface area contributed by atoms with Crippen LogP contribution < -0.4 is 0 Å². The van der Waals surface area contributed by atoms with E-state index in [1.54, 1.807) is 0 Å². The van der Waals surface area contributed by atoms with Crippen LogP contribution in [-0.2, 0) is 0 Å². The fourth-order valence-electron chi connectivity index (χ4n) is 2.38.